The van der Waals surface area contributed by atoms with E-state index in [4.69, 9.17) is 5.26 Å². The molecule has 1 N–H and O–H groups in total. The van der Waals surface area contributed by atoms with Gasteiger partial charge in [0, 0.05) is 45.5 Å². The molecule has 2 aliphatic rings. The molecule has 1 saturated heterocycles. The number of benzene rings is 2. The van der Waals surface area contributed by atoms with E-state index in [1.54, 1.807) is 24.5 Å². The summed E-state index contributed by atoms with van der Waals surface area (Å²) in [5.74, 6) is -0.116. The van der Waals surface area contributed by atoms with Crippen LogP contribution >= 0.6 is 0 Å². The standard InChI is InChI=1S/C29H32FN5O2/c30-27-15-22(7-8-23(27)17-31)19-35-21-32-18-25(35)20-33-11-13-34(14-12-33)28(37)29(9-2-1-3-10-29)24-5-4-6-26(36)16-24/h4-8,15-16,18,21,36H,1-3,9-14,19-20H2. The summed E-state index contributed by atoms with van der Waals surface area (Å²) < 4.78 is 16.0. The van der Waals surface area contributed by atoms with Crippen LogP contribution in [0.2, 0.25) is 0 Å². The van der Waals surface area contributed by atoms with Crippen LogP contribution in [0.25, 0.3) is 0 Å². The molecule has 1 aromatic heterocycles. The topological polar surface area (TPSA) is 85.4 Å². The Morgan fingerprint density at radius 1 is 1.05 bits per heavy atom. The lowest BCUT2D eigenvalue weighted by Gasteiger charge is -2.43. The van der Waals surface area contributed by atoms with Crippen LogP contribution in [-0.2, 0) is 23.3 Å². The fraction of sp³-hybridized carbons (Fsp3) is 0.414. The lowest BCUT2D eigenvalue weighted by Crippen LogP contribution is -2.55. The number of rotatable bonds is 6. The maximum Gasteiger partial charge on any atom is 0.233 e. The molecule has 37 heavy (non-hydrogen) atoms. The number of hydrogen-bond donors (Lipinski definition) is 1. The Bertz CT molecular complexity index is 1300. The molecule has 0 unspecified atom stereocenters. The van der Waals surface area contributed by atoms with Gasteiger partial charge in [0.1, 0.15) is 17.6 Å². The van der Waals surface area contributed by atoms with Gasteiger partial charge in [0.05, 0.1) is 23.0 Å². The van der Waals surface area contributed by atoms with Crippen LogP contribution in [0.1, 0.15) is 54.5 Å². The molecule has 1 aliphatic carbocycles. The van der Waals surface area contributed by atoms with E-state index in [0.717, 1.165) is 62.0 Å². The normalized spacial score (nSPS) is 17.9. The van der Waals surface area contributed by atoms with Crippen molar-refractivity contribution in [2.24, 2.45) is 0 Å². The van der Waals surface area contributed by atoms with E-state index >= 15 is 0 Å². The highest BCUT2D eigenvalue weighted by atomic mass is 19.1. The van der Waals surface area contributed by atoms with E-state index < -0.39 is 11.2 Å². The van der Waals surface area contributed by atoms with E-state index in [0.29, 0.717) is 26.2 Å². The van der Waals surface area contributed by atoms with Crippen LogP contribution < -0.4 is 0 Å². The van der Waals surface area contributed by atoms with Gasteiger partial charge < -0.3 is 14.6 Å². The number of nitriles is 1. The summed E-state index contributed by atoms with van der Waals surface area (Å²) >= 11 is 0. The zero-order valence-electron chi connectivity index (χ0n) is 20.9. The van der Waals surface area contributed by atoms with Gasteiger partial charge in [-0.3, -0.25) is 9.69 Å². The molecule has 0 bridgehead atoms. The van der Waals surface area contributed by atoms with E-state index in [-0.39, 0.29) is 17.2 Å². The van der Waals surface area contributed by atoms with Gasteiger partial charge in [-0.25, -0.2) is 9.37 Å². The van der Waals surface area contributed by atoms with Gasteiger partial charge in [-0.05, 0) is 48.2 Å². The van der Waals surface area contributed by atoms with Crippen molar-refractivity contribution in [3.8, 4) is 11.8 Å². The van der Waals surface area contributed by atoms with Crippen LogP contribution in [0.3, 0.4) is 0 Å². The Morgan fingerprint density at radius 3 is 2.54 bits per heavy atom. The molecular weight excluding hydrogens is 469 g/mol. The second-order valence-electron chi connectivity index (χ2n) is 10.2. The van der Waals surface area contributed by atoms with Gasteiger partial charge in [-0.1, -0.05) is 37.5 Å². The first kappa shape index (κ1) is 25.0. The fourth-order valence-corrected chi connectivity index (χ4v) is 5.79. The van der Waals surface area contributed by atoms with Crippen molar-refractivity contribution >= 4 is 5.91 Å². The number of imidazole rings is 1. The maximum atomic E-state index is 14.0. The number of phenols is 1. The number of carbonyl (C=O) groups is 1. The first-order valence-electron chi connectivity index (χ1n) is 13.0. The zero-order valence-corrected chi connectivity index (χ0v) is 20.9. The highest BCUT2D eigenvalue weighted by Crippen LogP contribution is 2.42. The predicted molar refractivity (Wildman–Crippen MR) is 137 cm³/mol. The Balaban J connectivity index is 1.23. The highest BCUT2D eigenvalue weighted by molar-refractivity contribution is 5.88. The highest BCUT2D eigenvalue weighted by Gasteiger charge is 2.44. The Hall–Kier alpha value is -3.70. The summed E-state index contributed by atoms with van der Waals surface area (Å²) in [4.78, 5) is 22.5. The summed E-state index contributed by atoms with van der Waals surface area (Å²) in [6.45, 7) is 4.02. The lowest BCUT2D eigenvalue weighted by atomic mass is 9.68. The van der Waals surface area contributed by atoms with Crippen molar-refractivity contribution in [2.75, 3.05) is 26.2 Å². The van der Waals surface area contributed by atoms with Crippen molar-refractivity contribution in [1.29, 1.82) is 5.26 Å². The summed E-state index contributed by atoms with van der Waals surface area (Å²) in [6, 6.07) is 13.8. The molecule has 2 aromatic carbocycles. The van der Waals surface area contributed by atoms with Crippen molar-refractivity contribution in [2.45, 2.75) is 50.6 Å². The monoisotopic (exact) mass is 501 g/mol. The maximum absolute atomic E-state index is 14.0. The molecule has 1 amide bonds. The molecule has 1 aliphatic heterocycles. The third-order valence-corrected chi connectivity index (χ3v) is 7.87. The van der Waals surface area contributed by atoms with Crippen LogP contribution in [0.15, 0.2) is 55.0 Å². The number of aromatic hydroxyl groups is 1. The molecule has 2 heterocycles. The second kappa shape index (κ2) is 10.7. The van der Waals surface area contributed by atoms with Crippen molar-refractivity contribution in [3.63, 3.8) is 0 Å². The summed E-state index contributed by atoms with van der Waals surface area (Å²) in [5.41, 5.74) is 2.22. The molecule has 0 spiro atoms. The fourth-order valence-electron chi connectivity index (χ4n) is 5.79. The molecule has 5 rings (SSSR count). The van der Waals surface area contributed by atoms with Crippen LogP contribution in [-0.4, -0.2) is 56.5 Å². The molecule has 2 fully saturated rings. The number of aromatic nitrogens is 2. The number of phenolic OH excluding ortho intramolecular Hbond substituents is 1. The minimum absolute atomic E-state index is 0.0427. The Kier molecular flexibility index (Phi) is 7.24. The van der Waals surface area contributed by atoms with Gasteiger partial charge >= 0.3 is 0 Å². The smallest absolute Gasteiger partial charge is 0.233 e. The lowest BCUT2D eigenvalue weighted by molar-refractivity contribution is -0.140. The molecule has 1 saturated carbocycles. The molecule has 3 aromatic rings. The van der Waals surface area contributed by atoms with Gasteiger partial charge in [-0.2, -0.15) is 5.26 Å². The minimum Gasteiger partial charge on any atom is -0.508 e. The SMILES string of the molecule is N#Cc1ccc(Cn2cncc2CN2CCN(C(=O)C3(c4cccc(O)c4)CCCCC3)CC2)cc1F. The first-order valence-corrected chi connectivity index (χ1v) is 13.0. The molecule has 0 atom stereocenters. The van der Waals surface area contributed by atoms with E-state index in [2.05, 4.69) is 9.88 Å². The average molecular weight is 502 g/mol. The van der Waals surface area contributed by atoms with Crippen molar-refractivity contribution in [3.05, 3.63) is 83.2 Å². The first-order chi connectivity index (χ1) is 18.0. The van der Waals surface area contributed by atoms with E-state index in [1.807, 2.05) is 33.9 Å². The van der Waals surface area contributed by atoms with Gasteiger partial charge in [0.2, 0.25) is 5.91 Å². The quantitative estimate of drug-likeness (QED) is 0.547. The molecular formula is C29H32FN5O2. The Morgan fingerprint density at radius 2 is 1.84 bits per heavy atom. The Labute approximate surface area is 216 Å². The minimum atomic E-state index is -0.547. The second-order valence-corrected chi connectivity index (χ2v) is 10.2. The number of nitrogens with zero attached hydrogens (tertiary/aromatic N) is 5. The van der Waals surface area contributed by atoms with Gasteiger partial charge in [-0.15, -0.1) is 0 Å². The van der Waals surface area contributed by atoms with Crippen LogP contribution in [0.5, 0.6) is 5.75 Å². The third kappa shape index (κ3) is 5.23. The predicted octanol–water partition coefficient (Wildman–Crippen LogP) is 4.19. The molecule has 7 nitrogen and oxygen atoms in total. The van der Waals surface area contributed by atoms with Gasteiger partial charge in [0.25, 0.3) is 0 Å². The number of piperazine rings is 1. The molecule has 8 heteroatoms. The summed E-state index contributed by atoms with van der Waals surface area (Å²) in [5, 5.41) is 19.0. The largest absolute Gasteiger partial charge is 0.508 e. The molecule has 192 valence electrons. The number of halogens is 1. The molecule has 0 radical (unpaired) electrons. The van der Waals surface area contributed by atoms with E-state index in [9.17, 15) is 14.3 Å². The van der Waals surface area contributed by atoms with Gasteiger partial charge in [0.15, 0.2) is 0 Å². The third-order valence-electron chi connectivity index (χ3n) is 7.87. The summed E-state index contributed by atoms with van der Waals surface area (Å²) in [6.07, 6.45) is 8.41. The average Bonchev–Trinajstić information content (AvgIpc) is 3.35. The zero-order chi connectivity index (χ0) is 25.8. The van der Waals surface area contributed by atoms with Crippen LogP contribution in [0.4, 0.5) is 4.39 Å². The number of amides is 1. The van der Waals surface area contributed by atoms with Crippen molar-refractivity contribution in [1.82, 2.24) is 19.4 Å². The van der Waals surface area contributed by atoms with Crippen LogP contribution in [0, 0.1) is 17.1 Å². The number of carbonyl (C=O) groups excluding carboxylic acids is 1. The van der Waals surface area contributed by atoms with E-state index in [1.165, 1.54) is 12.1 Å². The number of hydrogen-bond acceptors (Lipinski definition) is 5. The summed E-state index contributed by atoms with van der Waals surface area (Å²) in [7, 11) is 0. The van der Waals surface area contributed by atoms with Crippen molar-refractivity contribution < 1.29 is 14.3 Å².